The van der Waals surface area contributed by atoms with Gasteiger partial charge in [-0.2, -0.15) is 0 Å². The van der Waals surface area contributed by atoms with Gasteiger partial charge in [-0.25, -0.2) is 9.97 Å². The van der Waals surface area contributed by atoms with Crippen molar-refractivity contribution in [1.29, 1.82) is 0 Å². The lowest BCUT2D eigenvalue weighted by Crippen LogP contribution is -3.13. The van der Waals surface area contributed by atoms with Gasteiger partial charge < -0.3 is 9.80 Å². The Kier molecular flexibility index (Phi) is 5.28. The van der Waals surface area contributed by atoms with Crippen LogP contribution in [0.1, 0.15) is 39.5 Å². The highest BCUT2D eigenvalue weighted by Crippen LogP contribution is 2.32. The summed E-state index contributed by atoms with van der Waals surface area (Å²) in [6.45, 7) is 5.09. The number of carbonyl (C=O) groups excluding carboxylic acids is 1. The van der Waals surface area contributed by atoms with E-state index < -0.39 is 0 Å². The second kappa shape index (κ2) is 8.36. The van der Waals surface area contributed by atoms with Crippen LogP contribution in [0.4, 0.5) is 5.95 Å². The number of piperazine rings is 1. The number of anilines is 1. The first kappa shape index (κ1) is 18.9. The summed E-state index contributed by atoms with van der Waals surface area (Å²) in [5.74, 6) is 1.14. The second-order valence-corrected chi connectivity index (χ2v) is 8.37. The van der Waals surface area contributed by atoms with Crippen molar-refractivity contribution in [2.45, 2.75) is 25.3 Å². The highest BCUT2D eigenvalue weighted by molar-refractivity contribution is 5.98. The SMILES string of the molecule is O=C1C[C@@H](c2ccccc2)Cc2nc(N3CC[NH+](Cc4ccccc4)CC3)ncc21. The van der Waals surface area contributed by atoms with Crippen LogP contribution in [-0.2, 0) is 13.0 Å². The summed E-state index contributed by atoms with van der Waals surface area (Å²) < 4.78 is 0. The number of rotatable bonds is 4. The number of fused-ring (bicyclic) bond motifs is 1. The molecule has 5 heteroatoms. The maximum atomic E-state index is 12.7. The van der Waals surface area contributed by atoms with Crippen LogP contribution in [-0.4, -0.2) is 41.9 Å². The van der Waals surface area contributed by atoms with Gasteiger partial charge in [0.2, 0.25) is 5.95 Å². The van der Waals surface area contributed by atoms with Gasteiger partial charge in [0.15, 0.2) is 5.78 Å². The largest absolute Gasteiger partial charge is 0.330 e. The quantitative estimate of drug-likeness (QED) is 0.731. The van der Waals surface area contributed by atoms with Crippen LogP contribution in [0.5, 0.6) is 0 Å². The molecule has 0 radical (unpaired) electrons. The molecule has 1 fully saturated rings. The molecule has 1 aliphatic heterocycles. The molecule has 0 unspecified atom stereocenters. The molecule has 5 rings (SSSR count). The minimum Gasteiger partial charge on any atom is -0.330 e. The standard InChI is InChI=1S/C25H26N4O/c30-24-16-21(20-9-5-2-6-10-20)15-23-22(24)17-26-25(27-23)29-13-11-28(12-14-29)18-19-7-3-1-4-8-19/h1-10,17,21H,11-16,18H2/p+1/t21-/m0/s1. The highest BCUT2D eigenvalue weighted by Gasteiger charge is 2.29. The van der Waals surface area contributed by atoms with Crippen molar-refractivity contribution >= 4 is 11.7 Å². The van der Waals surface area contributed by atoms with E-state index in [0.717, 1.165) is 50.8 Å². The zero-order chi connectivity index (χ0) is 20.3. The van der Waals surface area contributed by atoms with Crippen LogP contribution < -0.4 is 9.80 Å². The fraction of sp³-hybridized carbons (Fsp3) is 0.320. The molecule has 1 aliphatic carbocycles. The predicted octanol–water partition coefficient (Wildman–Crippen LogP) is 2.29. The second-order valence-electron chi connectivity index (χ2n) is 8.37. The van der Waals surface area contributed by atoms with Crippen LogP contribution in [0.3, 0.4) is 0 Å². The van der Waals surface area contributed by atoms with Crippen molar-refractivity contribution in [3.8, 4) is 0 Å². The molecule has 1 saturated heterocycles. The zero-order valence-corrected chi connectivity index (χ0v) is 17.1. The maximum Gasteiger partial charge on any atom is 0.225 e. The molecule has 152 valence electrons. The Morgan fingerprint density at radius 2 is 1.63 bits per heavy atom. The summed E-state index contributed by atoms with van der Waals surface area (Å²) in [5.41, 5.74) is 4.22. The zero-order valence-electron chi connectivity index (χ0n) is 17.1. The van der Waals surface area contributed by atoms with E-state index in [2.05, 4.69) is 52.3 Å². The molecule has 2 heterocycles. The molecule has 2 aromatic carbocycles. The molecular formula is C25H27N4O+. The van der Waals surface area contributed by atoms with Gasteiger partial charge in [-0.15, -0.1) is 0 Å². The molecule has 1 N–H and O–H groups in total. The average molecular weight is 400 g/mol. The summed E-state index contributed by atoms with van der Waals surface area (Å²) in [4.78, 5) is 26.0. The summed E-state index contributed by atoms with van der Waals surface area (Å²) >= 11 is 0. The van der Waals surface area contributed by atoms with Crippen molar-refractivity contribution in [2.75, 3.05) is 31.1 Å². The topological polar surface area (TPSA) is 50.5 Å². The third kappa shape index (κ3) is 3.98. The van der Waals surface area contributed by atoms with Crippen molar-refractivity contribution in [3.05, 3.63) is 89.2 Å². The van der Waals surface area contributed by atoms with E-state index in [1.165, 1.54) is 11.1 Å². The fourth-order valence-electron chi connectivity index (χ4n) is 4.63. The molecule has 5 nitrogen and oxygen atoms in total. The Morgan fingerprint density at radius 1 is 0.933 bits per heavy atom. The van der Waals surface area contributed by atoms with E-state index in [-0.39, 0.29) is 11.7 Å². The van der Waals surface area contributed by atoms with Gasteiger partial charge in [-0.05, 0) is 17.9 Å². The molecule has 0 amide bonds. The van der Waals surface area contributed by atoms with Crippen molar-refractivity contribution in [1.82, 2.24) is 9.97 Å². The van der Waals surface area contributed by atoms with Gasteiger partial charge in [0.05, 0.1) is 37.4 Å². The number of hydrogen-bond acceptors (Lipinski definition) is 4. The third-order valence-electron chi connectivity index (χ3n) is 6.35. The normalized spacial score (nSPS) is 19.5. The Hall–Kier alpha value is -3.05. The van der Waals surface area contributed by atoms with Crippen LogP contribution >= 0.6 is 0 Å². The van der Waals surface area contributed by atoms with E-state index >= 15 is 0 Å². The first-order valence-corrected chi connectivity index (χ1v) is 10.8. The van der Waals surface area contributed by atoms with Gasteiger partial charge in [0, 0.05) is 18.2 Å². The molecule has 1 atom stereocenters. The van der Waals surface area contributed by atoms with Gasteiger partial charge in [-0.1, -0.05) is 60.7 Å². The third-order valence-corrected chi connectivity index (χ3v) is 6.35. The van der Waals surface area contributed by atoms with Crippen LogP contribution in [0.25, 0.3) is 0 Å². The van der Waals surface area contributed by atoms with Crippen molar-refractivity contribution < 1.29 is 9.69 Å². The van der Waals surface area contributed by atoms with E-state index in [4.69, 9.17) is 4.98 Å². The molecule has 0 saturated carbocycles. The Bertz CT molecular complexity index is 1010. The molecule has 0 bridgehead atoms. The minimum absolute atomic E-state index is 0.161. The van der Waals surface area contributed by atoms with E-state index in [1.807, 2.05) is 18.2 Å². The number of benzene rings is 2. The molecule has 1 aromatic heterocycles. The van der Waals surface area contributed by atoms with E-state index in [1.54, 1.807) is 11.1 Å². The first-order chi connectivity index (χ1) is 14.8. The molecule has 2 aliphatic rings. The average Bonchev–Trinajstić information content (AvgIpc) is 2.80. The number of nitrogens with one attached hydrogen (secondary N) is 1. The van der Waals surface area contributed by atoms with Gasteiger partial charge in [0.25, 0.3) is 0 Å². The van der Waals surface area contributed by atoms with Crippen LogP contribution in [0.2, 0.25) is 0 Å². The number of ketones is 1. The lowest BCUT2D eigenvalue weighted by atomic mass is 9.82. The van der Waals surface area contributed by atoms with E-state index in [0.29, 0.717) is 12.0 Å². The first-order valence-electron chi connectivity index (χ1n) is 10.8. The molecule has 3 aromatic rings. The molecule has 0 spiro atoms. The minimum atomic E-state index is 0.161. The summed E-state index contributed by atoms with van der Waals surface area (Å²) in [7, 11) is 0. The maximum absolute atomic E-state index is 12.7. The van der Waals surface area contributed by atoms with Crippen LogP contribution in [0.15, 0.2) is 66.9 Å². The fourth-order valence-corrected chi connectivity index (χ4v) is 4.63. The number of Topliss-reactive ketones (excluding diaryl/α,β-unsaturated/α-hetero) is 1. The Morgan fingerprint density at radius 3 is 2.37 bits per heavy atom. The van der Waals surface area contributed by atoms with Crippen molar-refractivity contribution in [3.63, 3.8) is 0 Å². The summed E-state index contributed by atoms with van der Waals surface area (Å²) in [5, 5.41) is 0. The molecule has 30 heavy (non-hydrogen) atoms. The Balaban J connectivity index is 1.27. The lowest BCUT2D eigenvalue weighted by Gasteiger charge is -2.33. The number of quaternary nitrogens is 1. The number of carbonyl (C=O) groups is 1. The summed E-state index contributed by atoms with van der Waals surface area (Å²) in [6, 6.07) is 21.0. The van der Waals surface area contributed by atoms with Gasteiger partial charge in [0.1, 0.15) is 6.54 Å². The van der Waals surface area contributed by atoms with Gasteiger partial charge >= 0.3 is 0 Å². The number of hydrogen-bond donors (Lipinski definition) is 1. The summed E-state index contributed by atoms with van der Waals surface area (Å²) in [6.07, 6.45) is 3.10. The van der Waals surface area contributed by atoms with Gasteiger partial charge in [-0.3, -0.25) is 4.79 Å². The molecular weight excluding hydrogens is 372 g/mol. The monoisotopic (exact) mass is 399 g/mol. The number of aromatic nitrogens is 2. The smallest absolute Gasteiger partial charge is 0.225 e. The van der Waals surface area contributed by atoms with E-state index in [9.17, 15) is 4.79 Å². The Labute approximate surface area is 177 Å². The highest BCUT2D eigenvalue weighted by atomic mass is 16.1. The van der Waals surface area contributed by atoms with Crippen molar-refractivity contribution in [2.24, 2.45) is 0 Å². The number of nitrogens with zero attached hydrogens (tertiary/aromatic N) is 3. The lowest BCUT2D eigenvalue weighted by molar-refractivity contribution is -0.914. The van der Waals surface area contributed by atoms with Crippen LogP contribution in [0, 0.1) is 0 Å². The predicted molar refractivity (Wildman–Crippen MR) is 117 cm³/mol.